The molecule has 19 heavy (non-hydrogen) atoms. The van der Waals surface area contributed by atoms with Crippen LogP contribution in [0.15, 0.2) is 18.2 Å². The minimum atomic E-state index is -0.340. The Balaban J connectivity index is 2.14. The van der Waals surface area contributed by atoms with E-state index in [9.17, 15) is 19.8 Å². The molecule has 5 heteroatoms. The Kier molecular flexibility index (Phi) is 3.74. The number of carbonyl (C=O) groups is 2. The topological polar surface area (TPSA) is 77.8 Å². The number of phenolic OH excluding ortho intramolecular Hbond substituents is 2. The average Bonchev–Trinajstić information content (AvgIpc) is 2.41. The maximum Gasteiger partial charge on any atom is 0.257 e. The van der Waals surface area contributed by atoms with Gasteiger partial charge in [0.25, 0.3) is 5.91 Å². The molecule has 5 nitrogen and oxygen atoms in total. The van der Waals surface area contributed by atoms with Crippen molar-refractivity contribution in [3.8, 4) is 11.5 Å². The van der Waals surface area contributed by atoms with Crippen molar-refractivity contribution in [2.75, 3.05) is 7.05 Å². The molecule has 2 N–H and O–H groups in total. The van der Waals surface area contributed by atoms with Crippen molar-refractivity contribution in [2.24, 2.45) is 0 Å². The van der Waals surface area contributed by atoms with Crippen LogP contribution >= 0.6 is 0 Å². The summed E-state index contributed by atoms with van der Waals surface area (Å²) < 4.78 is 0. The third kappa shape index (κ3) is 2.86. The van der Waals surface area contributed by atoms with Gasteiger partial charge < -0.3 is 15.1 Å². The number of carbonyl (C=O) groups excluding carboxylic acids is 2. The summed E-state index contributed by atoms with van der Waals surface area (Å²) in [4.78, 5) is 25.0. The summed E-state index contributed by atoms with van der Waals surface area (Å²) in [5, 5.41) is 19.1. The van der Waals surface area contributed by atoms with E-state index in [0.29, 0.717) is 25.7 Å². The number of rotatable bonds is 2. The highest BCUT2D eigenvalue weighted by Gasteiger charge is 2.27. The van der Waals surface area contributed by atoms with Gasteiger partial charge in [0, 0.05) is 25.9 Å². The Morgan fingerprint density at radius 2 is 1.89 bits per heavy atom. The summed E-state index contributed by atoms with van der Waals surface area (Å²) in [5.74, 6) is -0.319. The SMILES string of the molecule is CN(C(=O)c1cc(O)ccc1O)C1CCC(=O)CC1. The molecule has 1 aromatic carbocycles. The molecule has 1 amide bonds. The minimum absolute atomic E-state index is 0.00643. The Bertz CT molecular complexity index is 502. The normalized spacial score (nSPS) is 16.4. The van der Waals surface area contributed by atoms with Crippen molar-refractivity contribution < 1.29 is 19.8 Å². The van der Waals surface area contributed by atoms with Crippen LogP contribution in [0.1, 0.15) is 36.0 Å². The van der Waals surface area contributed by atoms with E-state index in [1.54, 1.807) is 11.9 Å². The monoisotopic (exact) mass is 263 g/mol. The summed E-state index contributed by atoms with van der Waals surface area (Å²) in [6, 6.07) is 3.88. The first-order valence-corrected chi connectivity index (χ1v) is 6.30. The number of Topliss-reactive ketones (excluding diaryl/α,β-unsaturated/α-hetero) is 1. The lowest BCUT2D eigenvalue weighted by Gasteiger charge is -2.31. The fourth-order valence-corrected chi connectivity index (χ4v) is 2.36. The van der Waals surface area contributed by atoms with Gasteiger partial charge in [0.15, 0.2) is 0 Å². The summed E-state index contributed by atoms with van der Waals surface area (Å²) in [6.07, 6.45) is 2.30. The molecule has 0 aromatic heterocycles. The van der Waals surface area contributed by atoms with Gasteiger partial charge in [-0.15, -0.1) is 0 Å². The number of benzene rings is 1. The van der Waals surface area contributed by atoms with Crippen molar-refractivity contribution in [1.29, 1.82) is 0 Å². The quantitative estimate of drug-likeness (QED) is 0.796. The minimum Gasteiger partial charge on any atom is -0.508 e. The van der Waals surface area contributed by atoms with Crippen LogP contribution in [-0.4, -0.2) is 39.9 Å². The molecule has 0 bridgehead atoms. The van der Waals surface area contributed by atoms with Gasteiger partial charge in [-0.25, -0.2) is 0 Å². The third-order valence-electron chi connectivity index (χ3n) is 3.59. The number of aromatic hydroxyl groups is 2. The van der Waals surface area contributed by atoms with E-state index in [-0.39, 0.29) is 34.8 Å². The van der Waals surface area contributed by atoms with Crippen molar-refractivity contribution in [3.05, 3.63) is 23.8 Å². The molecule has 1 saturated carbocycles. The van der Waals surface area contributed by atoms with Crippen LogP contribution in [0.25, 0.3) is 0 Å². The molecule has 1 aromatic rings. The van der Waals surface area contributed by atoms with E-state index >= 15 is 0 Å². The molecule has 0 radical (unpaired) electrons. The summed E-state index contributed by atoms with van der Waals surface area (Å²) in [5.41, 5.74) is 0.0828. The smallest absolute Gasteiger partial charge is 0.257 e. The van der Waals surface area contributed by atoms with Crippen molar-refractivity contribution in [3.63, 3.8) is 0 Å². The first kappa shape index (κ1) is 13.4. The number of amides is 1. The third-order valence-corrected chi connectivity index (χ3v) is 3.59. The number of phenols is 2. The van der Waals surface area contributed by atoms with Crippen LogP contribution in [-0.2, 0) is 4.79 Å². The largest absolute Gasteiger partial charge is 0.508 e. The molecule has 0 saturated heterocycles. The van der Waals surface area contributed by atoms with Crippen LogP contribution in [0.2, 0.25) is 0 Å². The van der Waals surface area contributed by atoms with Gasteiger partial charge in [0.05, 0.1) is 5.56 Å². The van der Waals surface area contributed by atoms with Crippen molar-refractivity contribution >= 4 is 11.7 Å². The van der Waals surface area contributed by atoms with Gasteiger partial charge in [-0.05, 0) is 31.0 Å². The highest BCUT2D eigenvalue weighted by molar-refractivity contribution is 5.97. The van der Waals surface area contributed by atoms with Crippen LogP contribution in [0.4, 0.5) is 0 Å². The first-order valence-electron chi connectivity index (χ1n) is 6.30. The predicted octanol–water partition coefficient (Wildman–Crippen LogP) is 1.68. The number of hydrogen-bond acceptors (Lipinski definition) is 4. The highest BCUT2D eigenvalue weighted by Crippen LogP contribution is 2.26. The Morgan fingerprint density at radius 3 is 2.53 bits per heavy atom. The Hall–Kier alpha value is -2.04. The molecule has 102 valence electrons. The van der Waals surface area contributed by atoms with Gasteiger partial charge in [-0.3, -0.25) is 9.59 Å². The maximum atomic E-state index is 12.3. The lowest BCUT2D eigenvalue weighted by atomic mass is 9.93. The Labute approximate surface area is 111 Å². The molecule has 0 atom stereocenters. The summed E-state index contributed by atoms with van der Waals surface area (Å²) in [7, 11) is 1.66. The van der Waals surface area contributed by atoms with Gasteiger partial charge in [-0.1, -0.05) is 0 Å². The zero-order valence-electron chi connectivity index (χ0n) is 10.8. The van der Waals surface area contributed by atoms with Crippen LogP contribution in [0, 0.1) is 0 Å². The van der Waals surface area contributed by atoms with E-state index < -0.39 is 0 Å². The van der Waals surface area contributed by atoms with Gasteiger partial charge in [-0.2, -0.15) is 0 Å². The maximum absolute atomic E-state index is 12.3. The summed E-state index contributed by atoms with van der Waals surface area (Å²) in [6.45, 7) is 0. The number of ketones is 1. The van der Waals surface area contributed by atoms with Gasteiger partial charge in [0.1, 0.15) is 17.3 Å². The fourth-order valence-electron chi connectivity index (χ4n) is 2.36. The van der Waals surface area contributed by atoms with Crippen LogP contribution in [0.3, 0.4) is 0 Å². The molecule has 1 aliphatic rings. The van der Waals surface area contributed by atoms with E-state index in [0.717, 1.165) is 0 Å². The second kappa shape index (κ2) is 5.30. The van der Waals surface area contributed by atoms with Gasteiger partial charge >= 0.3 is 0 Å². The second-order valence-corrected chi connectivity index (χ2v) is 4.89. The van der Waals surface area contributed by atoms with E-state index in [4.69, 9.17) is 0 Å². The molecule has 2 rings (SSSR count). The molecule has 0 unspecified atom stereocenters. The van der Waals surface area contributed by atoms with Crippen LogP contribution in [0.5, 0.6) is 11.5 Å². The predicted molar refractivity (Wildman–Crippen MR) is 69.1 cm³/mol. The first-order chi connectivity index (χ1) is 8.99. The standard InChI is InChI=1S/C14H17NO4/c1-15(9-2-4-10(16)5-3-9)14(19)12-8-11(17)6-7-13(12)18/h6-9,17-18H,2-5H2,1H3. The van der Waals surface area contributed by atoms with Crippen LogP contribution < -0.4 is 0 Å². The van der Waals surface area contributed by atoms with E-state index in [2.05, 4.69) is 0 Å². The number of hydrogen-bond donors (Lipinski definition) is 2. The molecule has 1 aliphatic carbocycles. The van der Waals surface area contributed by atoms with E-state index in [1.807, 2.05) is 0 Å². The zero-order chi connectivity index (χ0) is 14.0. The molecule has 1 fully saturated rings. The zero-order valence-corrected chi connectivity index (χ0v) is 10.8. The molecule has 0 aliphatic heterocycles. The van der Waals surface area contributed by atoms with E-state index in [1.165, 1.54) is 18.2 Å². The van der Waals surface area contributed by atoms with Crippen molar-refractivity contribution in [2.45, 2.75) is 31.7 Å². The molecular weight excluding hydrogens is 246 g/mol. The Morgan fingerprint density at radius 1 is 1.26 bits per heavy atom. The second-order valence-electron chi connectivity index (χ2n) is 4.89. The lowest BCUT2D eigenvalue weighted by Crippen LogP contribution is -2.39. The lowest BCUT2D eigenvalue weighted by molar-refractivity contribution is -0.121. The molecule has 0 heterocycles. The summed E-state index contributed by atoms with van der Waals surface area (Å²) >= 11 is 0. The highest BCUT2D eigenvalue weighted by atomic mass is 16.3. The van der Waals surface area contributed by atoms with Gasteiger partial charge in [0.2, 0.25) is 0 Å². The van der Waals surface area contributed by atoms with Crippen molar-refractivity contribution in [1.82, 2.24) is 4.90 Å². The average molecular weight is 263 g/mol. The fraction of sp³-hybridized carbons (Fsp3) is 0.429. The molecule has 0 spiro atoms. The molecular formula is C14H17NO4. The number of nitrogens with zero attached hydrogens (tertiary/aromatic N) is 1.